The van der Waals surface area contributed by atoms with E-state index < -0.39 is 11.9 Å². The molecule has 1 fully saturated rings. The molecule has 2 aliphatic rings. The Morgan fingerprint density at radius 1 is 1.73 bits per heavy atom. The Bertz CT molecular complexity index is 240. The maximum absolute atomic E-state index is 9.59. The number of hydrogen-bond acceptors (Lipinski definition) is 3. The number of aliphatic hydroxyl groups is 1. The molecule has 0 radical (unpaired) electrons. The molecule has 0 aromatic carbocycles. The van der Waals surface area contributed by atoms with Crippen LogP contribution < -0.4 is 0 Å². The number of hydrogen-bond donors (Lipinski definition) is 1. The Hall–Kier alpha value is -0.820. The molecule has 11 heavy (non-hydrogen) atoms. The van der Waals surface area contributed by atoms with Crippen LogP contribution in [0.15, 0.2) is 12.2 Å². The maximum Gasteiger partial charge on any atom is 0.202 e. The average Bonchev–Trinajstić information content (AvgIpc) is 2.44. The van der Waals surface area contributed by atoms with E-state index in [1.54, 1.807) is 12.2 Å². The third-order valence-corrected chi connectivity index (χ3v) is 1.87. The smallest absolute Gasteiger partial charge is 0.202 e. The minimum Gasteiger partial charge on any atom is -0.370 e. The van der Waals surface area contributed by atoms with Gasteiger partial charge in [0, 0.05) is 0 Å². The molecule has 2 bridgehead atoms. The lowest BCUT2D eigenvalue weighted by atomic mass is 10.0. The Morgan fingerprint density at radius 3 is 3.27 bits per heavy atom. The van der Waals surface area contributed by atoms with Gasteiger partial charge in [0.05, 0.1) is 6.61 Å². The zero-order chi connectivity index (χ0) is 7.90. The first kappa shape index (κ1) is 6.86. The molecular weight excluding hydrogens is 144 g/mol. The lowest BCUT2D eigenvalue weighted by molar-refractivity contribution is -0.144. The summed E-state index contributed by atoms with van der Waals surface area (Å²) in [5.74, 6) is 2.23. The van der Waals surface area contributed by atoms with Gasteiger partial charge in [-0.05, 0) is 6.08 Å². The van der Waals surface area contributed by atoms with E-state index in [2.05, 4.69) is 5.92 Å². The van der Waals surface area contributed by atoms with Gasteiger partial charge in [-0.1, -0.05) is 12.0 Å². The summed E-state index contributed by atoms with van der Waals surface area (Å²) in [5.41, 5.74) is -1.37. The highest BCUT2D eigenvalue weighted by Gasteiger charge is 2.43. The van der Waals surface area contributed by atoms with Crippen molar-refractivity contribution >= 4 is 0 Å². The van der Waals surface area contributed by atoms with Crippen LogP contribution in [0.2, 0.25) is 0 Å². The molecule has 0 aromatic rings. The van der Waals surface area contributed by atoms with E-state index in [0.717, 1.165) is 0 Å². The monoisotopic (exact) mass is 152 g/mol. The molecule has 3 atom stereocenters. The molecule has 2 heterocycles. The van der Waals surface area contributed by atoms with Crippen LogP contribution in [0.1, 0.15) is 0 Å². The van der Waals surface area contributed by atoms with Gasteiger partial charge in [-0.2, -0.15) is 0 Å². The Balaban J connectivity index is 2.33. The van der Waals surface area contributed by atoms with Gasteiger partial charge in [-0.15, -0.1) is 6.42 Å². The number of rotatable bonds is 0. The topological polar surface area (TPSA) is 38.7 Å². The van der Waals surface area contributed by atoms with Crippen molar-refractivity contribution < 1.29 is 14.6 Å². The summed E-state index contributed by atoms with van der Waals surface area (Å²) < 4.78 is 10.3. The predicted octanol–water partition coefficient (Wildman–Crippen LogP) is -0.338. The van der Waals surface area contributed by atoms with Crippen molar-refractivity contribution in [3.05, 3.63) is 12.2 Å². The number of fused-ring (bicyclic) bond motifs is 2. The highest BCUT2D eigenvalue weighted by Crippen LogP contribution is 2.28. The summed E-state index contributed by atoms with van der Waals surface area (Å²) in [4.78, 5) is 0. The van der Waals surface area contributed by atoms with Crippen LogP contribution in [0.25, 0.3) is 0 Å². The second-order valence-electron chi connectivity index (χ2n) is 2.67. The molecule has 0 aromatic heterocycles. The van der Waals surface area contributed by atoms with Gasteiger partial charge < -0.3 is 14.6 Å². The van der Waals surface area contributed by atoms with Crippen molar-refractivity contribution in [2.24, 2.45) is 0 Å². The zero-order valence-electron chi connectivity index (χ0n) is 5.86. The van der Waals surface area contributed by atoms with Crippen molar-refractivity contribution in [2.45, 2.75) is 18.0 Å². The number of ether oxygens (including phenoxy) is 2. The van der Waals surface area contributed by atoms with Crippen LogP contribution in [0.3, 0.4) is 0 Å². The average molecular weight is 152 g/mol. The maximum atomic E-state index is 9.59. The van der Waals surface area contributed by atoms with Crippen LogP contribution in [0.4, 0.5) is 0 Å². The molecule has 3 heteroatoms. The molecule has 1 saturated heterocycles. The second kappa shape index (κ2) is 2.08. The van der Waals surface area contributed by atoms with Crippen molar-refractivity contribution in [2.75, 3.05) is 6.61 Å². The molecule has 0 saturated carbocycles. The van der Waals surface area contributed by atoms with E-state index in [1.165, 1.54) is 0 Å². The quantitative estimate of drug-likeness (QED) is 0.381. The third kappa shape index (κ3) is 0.881. The molecule has 3 nitrogen and oxygen atoms in total. The van der Waals surface area contributed by atoms with Gasteiger partial charge in [0.25, 0.3) is 0 Å². The summed E-state index contributed by atoms with van der Waals surface area (Å²) in [6, 6.07) is 0. The van der Waals surface area contributed by atoms with Gasteiger partial charge in [0.15, 0.2) is 5.60 Å². The fourth-order valence-electron chi connectivity index (χ4n) is 1.20. The molecule has 0 unspecified atom stereocenters. The Labute approximate surface area is 64.6 Å². The van der Waals surface area contributed by atoms with Crippen LogP contribution in [-0.4, -0.2) is 29.7 Å². The zero-order valence-corrected chi connectivity index (χ0v) is 5.86. The first-order chi connectivity index (χ1) is 5.24. The normalized spacial score (nSPS) is 47.3. The van der Waals surface area contributed by atoms with Gasteiger partial charge in [-0.3, -0.25) is 0 Å². The van der Waals surface area contributed by atoms with Gasteiger partial charge in [0.1, 0.15) is 6.10 Å². The molecular formula is C8H8O3. The minimum absolute atomic E-state index is 0.0337. The lowest BCUT2D eigenvalue weighted by Gasteiger charge is -2.26. The largest absolute Gasteiger partial charge is 0.370 e. The summed E-state index contributed by atoms with van der Waals surface area (Å²) in [6.07, 6.45) is 7.68. The Kier molecular flexibility index (Phi) is 1.30. The molecule has 0 amide bonds. The standard InChI is InChI=1S/C8H8O3/c1-2-8(9)4-3-6-5-10-7(8)11-6/h1,3-4,6-7,9H,5H2/t6-,7+,8-/m0/s1. The van der Waals surface area contributed by atoms with E-state index in [9.17, 15) is 5.11 Å². The van der Waals surface area contributed by atoms with Crippen LogP contribution in [-0.2, 0) is 9.47 Å². The molecule has 2 rings (SSSR count). The highest BCUT2D eigenvalue weighted by molar-refractivity contribution is 5.25. The molecule has 0 aliphatic carbocycles. The molecule has 2 aliphatic heterocycles. The van der Waals surface area contributed by atoms with E-state index in [1.807, 2.05) is 0 Å². The van der Waals surface area contributed by atoms with Crippen LogP contribution in [0, 0.1) is 12.3 Å². The van der Waals surface area contributed by atoms with Gasteiger partial charge >= 0.3 is 0 Å². The lowest BCUT2D eigenvalue weighted by Crippen LogP contribution is -2.42. The van der Waals surface area contributed by atoms with Crippen molar-refractivity contribution in [3.8, 4) is 12.3 Å². The summed E-state index contributed by atoms with van der Waals surface area (Å²) in [7, 11) is 0. The third-order valence-electron chi connectivity index (χ3n) is 1.87. The predicted molar refractivity (Wildman–Crippen MR) is 37.5 cm³/mol. The molecule has 58 valence electrons. The molecule has 0 spiro atoms. The van der Waals surface area contributed by atoms with Gasteiger partial charge in [0.2, 0.25) is 6.29 Å². The fourth-order valence-corrected chi connectivity index (χ4v) is 1.20. The van der Waals surface area contributed by atoms with Gasteiger partial charge in [-0.25, -0.2) is 0 Å². The van der Waals surface area contributed by atoms with E-state index in [-0.39, 0.29) is 6.10 Å². The first-order valence-electron chi connectivity index (χ1n) is 3.41. The fraction of sp³-hybridized carbons (Fsp3) is 0.500. The minimum atomic E-state index is -1.37. The van der Waals surface area contributed by atoms with E-state index >= 15 is 0 Å². The summed E-state index contributed by atoms with van der Waals surface area (Å²) in [6.45, 7) is 0.477. The second-order valence-corrected chi connectivity index (χ2v) is 2.67. The highest BCUT2D eigenvalue weighted by atomic mass is 16.7. The number of terminal acetylenes is 1. The summed E-state index contributed by atoms with van der Waals surface area (Å²) in [5, 5.41) is 9.59. The van der Waals surface area contributed by atoms with Crippen molar-refractivity contribution in [1.29, 1.82) is 0 Å². The van der Waals surface area contributed by atoms with Crippen LogP contribution in [0.5, 0.6) is 0 Å². The first-order valence-corrected chi connectivity index (χ1v) is 3.41. The van der Waals surface area contributed by atoms with E-state index in [0.29, 0.717) is 6.61 Å². The summed E-state index contributed by atoms with van der Waals surface area (Å²) >= 11 is 0. The Morgan fingerprint density at radius 2 is 2.55 bits per heavy atom. The SMILES string of the molecule is C#C[C@]1(O)C=C[C@H]2CO[C@@H]1O2. The van der Waals surface area contributed by atoms with Crippen LogP contribution >= 0.6 is 0 Å². The van der Waals surface area contributed by atoms with Crippen molar-refractivity contribution in [1.82, 2.24) is 0 Å². The van der Waals surface area contributed by atoms with E-state index in [4.69, 9.17) is 15.9 Å². The van der Waals surface area contributed by atoms with Crippen molar-refractivity contribution in [3.63, 3.8) is 0 Å². The molecule has 1 N–H and O–H groups in total.